The number of nitrogens with one attached hydrogen (secondary N) is 2. The molecule has 0 radical (unpaired) electrons. The van der Waals surface area contributed by atoms with Crippen molar-refractivity contribution in [2.45, 2.75) is 39.9 Å². The molecule has 202 valence electrons. The Bertz CT molecular complexity index is 1530. The molecule has 3 aromatic carbocycles. The van der Waals surface area contributed by atoms with E-state index >= 15 is 0 Å². The van der Waals surface area contributed by atoms with Gasteiger partial charge in [-0.25, -0.2) is 9.18 Å². The second-order valence-electron chi connectivity index (χ2n) is 10.3. The van der Waals surface area contributed by atoms with Gasteiger partial charge in [0.15, 0.2) is 5.69 Å². The van der Waals surface area contributed by atoms with Gasteiger partial charge in [0.25, 0.3) is 5.91 Å². The van der Waals surface area contributed by atoms with Gasteiger partial charge in [-0.1, -0.05) is 68.8 Å². The van der Waals surface area contributed by atoms with E-state index in [9.17, 15) is 18.8 Å². The molecule has 0 bridgehead atoms. The van der Waals surface area contributed by atoms with Gasteiger partial charge in [0.05, 0.1) is 22.6 Å². The van der Waals surface area contributed by atoms with Crippen LogP contribution in [0.5, 0.6) is 0 Å². The Balaban J connectivity index is 1.56. The highest BCUT2D eigenvalue weighted by Crippen LogP contribution is 2.28. The number of carboxylic acids is 1. The molecule has 1 atom stereocenters. The third kappa shape index (κ3) is 6.43. The lowest BCUT2D eigenvalue weighted by atomic mass is 9.86. The second-order valence-corrected chi connectivity index (χ2v) is 10.7. The minimum atomic E-state index is -1.03. The van der Waals surface area contributed by atoms with Gasteiger partial charge in [-0.2, -0.15) is 5.10 Å². The molecule has 0 saturated heterocycles. The van der Waals surface area contributed by atoms with Crippen molar-refractivity contribution in [2.75, 3.05) is 0 Å². The molecule has 4 rings (SSSR count). The minimum Gasteiger partial charge on any atom is -0.478 e. The number of aromatic nitrogens is 2. The van der Waals surface area contributed by atoms with Crippen molar-refractivity contribution >= 4 is 40.3 Å². The number of hydrogen-bond acceptors (Lipinski definition) is 4. The average molecular weight is 551 g/mol. The maximum atomic E-state index is 13.5. The van der Waals surface area contributed by atoms with Crippen molar-refractivity contribution in [1.29, 1.82) is 0 Å². The molecule has 1 heterocycles. The minimum absolute atomic E-state index is 0.112. The van der Waals surface area contributed by atoms with Crippen LogP contribution in [-0.4, -0.2) is 38.7 Å². The molecule has 39 heavy (non-hydrogen) atoms. The normalized spacial score (nSPS) is 12.2. The molecule has 10 heteroatoms. The summed E-state index contributed by atoms with van der Waals surface area (Å²) in [7, 11) is 0. The third-order valence-corrected chi connectivity index (χ3v) is 6.56. The first kappa shape index (κ1) is 27.8. The fraction of sp³-hybridized carbons (Fsp3) is 0.241. The molecule has 2 amide bonds. The van der Waals surface area contributed by atoms with Crippen LogP contribution in [0, 0.1) is 11.2 Å². The molecule has 3 N–H and O–H groups in total. The maximum absolute atomic E-state index is 13.5. The lowest BCUT2D eigenvalue weighted by Crippen LogP contribution is -2.53. The van der Waals surface area contributed by atoms with Gasteiger partial charge in [-0.3, -0.25) is 14.3 Å². The zero-order chi connectivity index (χ0) is 28.3. The summed E-state index contributed by atoms with van der Waals surface area (Å²) in [6, 6.07) is 16.4. The highest BCUT2D eigenvalue weighted by atomic mass is 35.5. The molecule has 0 aliphatic rings. The summed E-state index contributed by atoms with van der Waals surface area (Å²) in [6.07, 6.45) is 0. The molecule has 8 nitrogen and oxygen atoms in total. The number of fused-ring (bicyclic) bond motifs is 1. The van der Waals surface area contributed by atoms with Gasteiger partial charge >= 0.3 is 5.97 Å². The summed E-state index contributed by atoms with van der Waals surface area (Å²) in [5.74, 6) is -2.33. The van der Waals surface area contributed by atoms with E-state index < -0.39 is 29.2 Å². The molecule has 1 aromatic heterocycles. The summed E-state index contributed by atoms with van der Waals surface area (Å²) in [6.45, 7) is 5.92. The quantitative estimate of drug-likeness (QED) is 0.284. The van der Waals surface area contributed by atoms with Crippen molar-refractivity contribution in [3.63, 3.8) is 0 Å². The van der Waals surface area contributed by atoms with Gasteiger partial charge < -0.3 is 15.7 Å². The van der Waals surface area contributed by atoms with Crippen molar-refractivity contribution < 1.29 is 23.9 Å². The SMILES string of the molecule is CC(C)(C)C(NC(=O)c1nn(Cc2ccc(F)cc2)c2c(Cl)cccc12)C(=O)NCc1ccc(C(=O)O)cc1. The molecular weight excluding hydrogens is 523 g/mol. The molecule has 0 aliphatic heterocycles. The number of nitrogens with zero attached hydrogens (tertiary/aromatic N) is 2. The van der Waals surface area contributed by atoms with Crippen molar-refractivity contribution in [2.24, 2.45) is 5.41 Å². The van der Waals surface area contributed by atoms with E-state index in [2.05, 4.69) is 15.7 Å². The number of para-hydroxylation sites is 1. The van der Waals surface area contributed by atoms with Crippen molar-refractivity contribution in [1.82, 2.24) is 20.4 Å². The van der Waals surface area contributed by atoms with E-state index in [-0.39, 0.29) is 30.2 Å². The van der Waals surface area contributed by atoms with Crippen LogP contribution in [0.2, 0.25) is 5.02 Å². The van der Waals surface area contributed by atoms with Gasteiger partial charge in [0, 0.05) is 11.9 Å². The zero-order valence-electron chi connectivity index (χ0n) is 21.7. The summed E-state index contributed by atoms with van der Waals surface area (Å²) in [5.41, 5.74) is 1.66. The van der Waals surface area contributed by atoms with Crippen molar-refractivity contribution in [3.8, 4) is 0 Å². The Morgan fingerprint density at radius 2 is 1.64 bits per heavy atom. The molecular formula is C29H28ClFN4O4. The van der Waals surface area contributed by atoms with Crippen LogP contribution < -0.4 is 10.6 Å². The first-order valence-electron chi connectivity index (χ1n) is 12.2. The average Bonchev–Trinajstić information content (AvgIpc) is 3.26. The standard InChI is InChI=1S/C29H28ClFN4O4/c1-29(2,3)25(27(37)32-15-17-7-11-19(12-8-17)28(38)39)33-26(36)23-21-5-4-6-22(30)24(21)35(34-23)16-18-9-13-20(31)14-10-18/h4-14,25H,15-16H2,1-3H3,(H,32,37)(H,33,36)(H,38,39). The number of carbonyl (C=O) groups is 3. The summed E-state index contributed by atoms with van der Waals surface area (Å²) < 4.78 is 15.0. The first-order valence-corrected chi connectivity index (χ1v) is 12.6. The number of hydrogen-bond donors (Lipinski definition) is 3. The lowest BCUT2D eigenvalue weighted by molar-refractivity contribution is -0.125. The highest BCUT2D eigenvalue weighted by Gasteiger charge is 2.34. The summed E-state index contributed by atoms with van der Waals surface area (Å²) >= 11 is 6.48. The second kappa shape index (κ2) is 11.2. The van der Waals surface area contributed by atoms with Crippen LogP contribution in [0.15, 0.2) is 66.7 Å². The molecule has 0 aliphatic carbocycles. The summed E-state index contributed by atoms with van der Waals surface area (Å²) in [4.78, 5) is 37.8. The van der Waals surface area contributed by atoms with Gasteiger partial charge in [-0.15, -0.1) is 0 Å². The molecule has 0 spiro atoms. The molecule has 1 unspecified atom stereocenters. The number of carboxylic acid groups (broad SMARTS) is 1. The Morgan fingerprint density at radius 1 is 1.00 bits per heavy atom. The largest absolute Gasteiger partial charge is 0.478 e. The lowest BCUT2D eigenvalue weighted by Gasteiger charge is -2.30. The van der Waals surface area contributed by atoms with E-state index in [0.717, 1.165) is 5.56 Å². The smallest absolute Gasteiger partial charge is 0.335 e. The molecule has 4 aromatic rings. The summed E-state index contributed by atoms with van der Waals surface area (Å²) in [5, 5.41) is 20.2. The molecule has 0 fully saturated rings. The number of carbonyl (C=O) groups excluding carboxylic acids is 2. The first-order chi connectivity index (χ1) is 18.4. The Hall–Kier alpha value is -4.24. The van der Waals surface area contributed by atoms with Crippen molar-refractivity contribution in [3.05, 3.63) is 100.0 Å². The maximum Gasteiger partial charge on any atom is 0.335 e. The fourth-order valence-electron chi connectivity index (χ4n) is 4.17. The number of amides is 2. The van der Waals surface area contributed by atoms with Crippen LogP contribution in [0.4, 0.5) is 4.39 Å². The predicted octanol–water partition coefficient (Wildman–Crippen LogP) is 5.04. The van der Waals surface area contributed by atoms with Gasteiger partial charge in [0.2, 0.25) is 5.91 Å². The zero-order valence-corrected chi connectivity index (χ0v) is 22.4. The van der Waals surface area contributed by atoms with Crippen LogP contribution >= 0.6 is 11.6 Å². The predicted molar refractivity (Wildman–Crippen MR) is 146 cm³/mol. The van der Waals surface area contributed by atoms with Crippen LogP contribution in [0.1, 0.15) is 52.7 Å². The Morgan fingerprint density at radius 3 is 2.26 bits per heavy atom. The highest BCUT2D eigenvalue weighted by molar-refractivity contribution is 6.35. The number of rotatable bonds is 8. The molecule has 0 saturated carbocycles. The third-order valence-electron chi connectivity index (χ3n) is 6.25. The van der Waals surface area contributed by atoms with Crippen LogP contribution in [-0.2, 0) is 17.9 Å². The van der Waals surface area contributed by atoms with E-state index in [0.29, 0.717) is 21.5 Å². The fourth-order valence-corrected chi connectivity index (χ4v) is 4.44. The number of benzene rings is 3. The van der Waals surface area contributed by atoms with E-state index in [1.807, 2.05) is 20.8 Å². The van der Waals surface area contributed by atoms with E-state index in [1.54, 1.807) is 47.1 Å². The number of aromatic carboxylic acids is 1. The van der Waals surface area contributed by atoms with E-state index in [4.69, 9.17) is 16.7 Å². The Kier molecular flexibility index (Phi) is 8.01. The van der Waals surface area contributed by atoms with Crippen LogP contribution in [0.3, 0.4) is 0 Å². The topological polar surface area (TPSA) is 113 Å². The monoisotopic (exact) mass is 550 g/mol. The Labute approximate surface area is 229 Å². The van der Waals surface area contributed by atoms with Crippen LogP contribution in [0.25, 0.3) is 10.9 Å². The van der Waals surface area contributed by atoms with Gasteiger partial charge in [0.1, 0.15) is 11.9 Å². The number of halogens is 2. The van der Waals surface area contributed by atoms with E-state index in [1.165, 1.54) is 24.3 Å². The van der Waals surface area contributed by atoms with Gasteiger partial charge in [-0.05, 0) is 46.9 Å².